The highest BCUT2D eigenvalue weighted by molar-refractivity contribution is 14.0. The van der Waals surface area contributed by atoms with Gasteiger partial charge in [-0.15, -0.1) is 24.0 Å². The monoisotopic (exact) mass is 528 g/mol. The Morgan fingerprint density at radius 2 is 2.00 bits per heavy atom. The zero-order chi connectivity index (χ0) is 20.5. The van der Waals surface area contributed by atoms with Crippen molar-refractivity contribution in [2.75, 3.05) is 51.2 Å². The van der Waals surface area contributed by atoms with Crippen LogP contribution in [0.4, 0.5) is 5.69 Å². The predicted octanol–water partition coefficient (Wildman–Crippen LogP) is 2.17. The maximum absolute atomic E-state index is 11.6. The molecule has 3 N–H and O–H groups in total. The first-order chi connectivity index (χ1) is 14.2. The molecule has 1 aromatic rings. The number of aliphatic imine (C=N–C) groups is 1. The molecule has 1 unspecified atom stereocenters. The third-order valence-corrected chi connectivity index (χ3v) is 5.88. The van der Waals surface area contributed by atoms with Crippen LogP contribution in [0.15, 0.2) is 29.3 Å². The Labute approximate surface area is 198 Å². The molecular weight excluding hydrogens is 491 g/mol. The van der Waals surface area contributed by atoms with E-state index in [2.05, 4.69) is 61.9 Å². The van der Waals surface area contributed by atoms with Crippen molar-refractivity contribution in [1.82, 2.24) is 20.9 Å². The number of piperazine rings is 1. The Balaban J connectivity index is 0.00000320. The van der Waals surface area contributed by atoms with Gasteiger partial charge in [0.2, 0.25) is 5.91 Å². The van der Waals surface area contributed by atoms with E-state index >= 15 is 0 Å². The van der Waals surface area contributed by atoms with Crippen molar-refractivity contribution in [3.63, 3.8) is 0 Å². The summed E-state index contributed by atoms with van der Waals surface area (Å²) in [4.78, 5) is 20.6. The van der Waals surface area contributed by atoms with Crippen molar-refractivity contribution < 1.29 is 4.79 Å². The molecule has 2 saturated heterocycles. The smallest absolute Gasteiger partial charge is 0.239 e. The SMILES string of the molecule is CN=C(NCCCN1CCCCC1C)NCc1ccc(N2CCNC(=O)C2)cc1.I. The maximum Gasteiger partial charge on any atom is 0.239 e. The second-order valence-electron chi connectivity index (χ2n) is 8.02. The molecular formula is C22H37IN6O. The van der Waals surface area contributed by atoms with Crippen molar-refractivity contribution in [3.05, 3.63) is 29.8 Å². The Hall–Kier alpha value is -1.55. The van der Waals surface area contributed by atoms with Crippen LogP contribution in [0, 0.1) is 0 Å². The fraction of sp³-hybridized carbons (Fsp3) is 0.636. The third-order valence-electron chi connectivity index (χ3n) is 5.88. The molecule has 3 rings (SSSR count). The molecule has 1 aromatic carbocycles. The van der Waals surface area contributed by atoms with Gasteiger partial charge in [-0.2, -0.15) is 0 Å². The van der Waals surface area contributed by atoms with Gasteiger partial charge in [-0.25, -0.2) is 0 Å². The van der Waals surface area contributed by atoms with Crippen molar-refractivity contribution in [1.29, 1.82) is 0 Å². The third kappa shape index (κ3) is 7.61. The van der Waals surface area contributed by atoms with E-state index in [9.17, 15) is 4.79 Å². The van der Waals surface area contributed by atoms with Crippen LogP contribution >= 0.6 is 24.0 Å². The molecule has 1 amide bonds. The number of hydrogen-bond donors (Lipinski definition) is 3. The number of carbonyl (C=O) groups is 1. The number of amides is 1. The highest BCUT2D eigenvalue weighted by Gasteiger charge is 2.17. The van der Waals surface area contributed by atoms with Crippen LogP contribution < -0.4 is 20.9 Å². The van der Waals surface area contributed by atoms with Crippen LogP contribution in [0.5, 0.6) is 0 Å². The van der Waals surface area contributed by atoms with Crippen LogP contribution in [0.3, 0.4) is 0 Å². The van der Waals surface area contributed by atoms with E-state index in [1.54, 1.807) is 0 Å². The lowest BCUT2D eigenvalue weighted by molar-refractivity contribution is -0.120. The van der Waals surface area contributed by atoms with Crippen LogP contribution in [-0.4, -0.2) is 69.1 Å². The highest BCUT2D eigenvalue weighted by atomic mass is 127. The van der Waals surface area contributed by atoms with Gasteiger partial charge in [-0.3, -0.25) is 9.79 Å². The molecule has 0 aromatic heterocycles. The first-order valence-corrected chi connectivity index (χ1v) is 10.9. The van der Waals surface area contributed by atoms with Crippen molar-refractivity contribution in [2.45, 2.75) is 45.2 Å². The number of nitrogens with zero attached hydrogens (tertiary/aromatic N) is 3. The van der Waals surface area contributed by atoms with Gasteiger partial charge in [0.15, 0.2) is 5.96 Å². The number of halogens is 1. The predicted molar refractivity (Wildman–Crippen MR) is 135 cm³/mol. The minimum atomic E-state index is 0. The van der Waals surface area contributed by atoms with Gasteiger partial charge in [0, 0.05) is 51.5 Å². The van der Waals surface area contributed by atoms with E-state index in [0.717, 1.165) is 50.3 Å². The lowest BCUT2D eigenvalue weighted by atomic mass is 10.0. The summed E-state index contributed by atoms with van der Waals surface area (Å²) in [6.45, 7) is 8.40. The number of anilines is 1. The fourth-order valence-electron chi connectivity index (χ4n) is 4.07. The van der Waals surface area contributed by atoms with Crippen LogP contribution in [0.1, 0.15) is 38.2 Å². The first-order valence-electron chi connectivity index (χ1n) is 10.9. The Kier molecular flexibility index (Phi) is 10.7. The number of hydrogen-bond acceptors (Lipinski definition) is 4. The molecule has 0 spiro atoms. The fourth-order valence-corrected chi connectivity index (χ4v) is 4.07. The second-order valence-corrected chi connectivity index (χ2v) is 8.02. The molecule has 8 heteroatoms. The second kappa shape index (κ2) is 13.0. The maximum atomic E-state index is 11.6. The van der Waals surface area contributed by atoms with E-state index in [4.69, 9.17) is 0 Å². The van der Waals surface area contributed by atoms with E-state index in [0.29, 0.717) is 13.1 Å². The molecule has 30 heavy (non-hydrogen) atoms. The Morgan fingerprint density at radius 1 is 1.20 bits per heavy atom. The van der Waals surface area contributed by atoms with Crippen molar-refractivity contribution in [3.8, 4) is 0 Å². The number of carbonyl (C=O) groups excluding carboxylic acids is 1. The Morgan fingerprint density at radius 3 is 2.70 bits per heavy atom. The van der Waals surface area contributed by atoms with Crippen LogP contribution in [0.2, 0.25) is 0 Å². The molecule has 2 fully saturated rings. The normalized spacial score (nSPS) is 20.3. The van der Waals surface area contributed by atoms with Gasteiger partial charge in [0.1, 0.15) is 0 Å². The molecule has 2 heterocycles. The molecule has 2 aliphatic rings. The van der Waals surface area contributed by atoms with E-state index in [-0.39, 0.29) is 29.9 Å². The number of rotatable bonds is 7. The number of guanidine groups is 1. The number of benzene rings is 1. The summed E-state index contributed by atoms with van der Waals surface area (Å²) in [6, 6.07) is 9.13. The summed E-state index contributed by atoms with van der Waals surface area (Å²) in [7, 11) is 1.81. The van der Waals surface area contributed by atoms with Crippen LogP contribution in [0.25, 0.3) is 0 Å². The first kappa shape index (κ1) is 24.7. The van der Waals surface area contributed by atoms with E-state index in [1.165, 1.54) is 31.4 Å². The minimum absolute atomic E-state index is 0. The average Bonchev–Trinajstić information content (AvgIpc) is 2.75. The van der Waals surface area contributed by atoms with Gasteiger partial charge < -0.3 is 25.8 Å². The summed E-state index contributed by atoms with van der Waals surface area (Å²) in [6.07, 6.45) is 5.18. The Bertz CT molecular complexity index is 681. The zero-order valence-corrected chi connectivity index (χ0v) is 20.7. The standard InChI is InChI=1S/C22H36N6O.HI/c1-18-6-3-4-13-27(18)14-5-11-25-22(23-2)26-16-19-7-9-20(10-8-19)28-15-12-24-21(29)17-28;/h7-10,18H,3-6,11-17H2,1-2H3,(H,24,29)(H2,23,25,26);1H. The van der Waals surface area contributed by atoms with Crippen LogP contribution in [-0.2, 0) is 11.3 Å². The van der Waals surface area contributed by atoms with Gasteiger partial charge in [0.05, 0.1) is 6.54 Å². The molecule has 2 aliphatic heterocycles. The molecule has 0 bridgehead atoms. The van der Waals surface area contributed by atoms with Gasteiger partial charge >= 0.3 is 0 Å². The number of piperidine rings is 1. The molecule has 0 aliphatic carbocycles. The van der Waals surface area contributed by atoms with Crippen molar-refractivity contribution in [2.24, 2.45) is 4.99 Å². The molecule has 7 nitrogen and oxygen atoms in total. The summed E-state index contributed by atoms with van der Waals surface area (Å²) < 4.78 is 0. The quantitative estimate of drug-likeness (QED) is 0.219. The lowest BCUT2D eigenvalue weighted by Gasteiger charge is -2.33. The van der Waals surface area contributed by atoms with Gasteiger partial charge in [-0.05, 0) is 50.4 Å². The van der Waals surface area contributed by atoms with E-state index in [1.807, 2.05) is 7.05 Å². The molecule has 168 valence electrons. The molecule has 1 atom stereocenters. The average molecular weight is 528 g/mol. The highest BCUT2D eigenvalue weighted by Crippen LogP contribution is 2.17. The largest absolute Gasteiger partial charge is 0.360 e. The molecule has 0 saturated carbocycles. The minimum Gasteiger partial charge on any atom is -0.360 e. The van der Waals surface area contributed by atoms with E-state index < -0.39 is 0 Å². The van der Waals surface area contributed by atoms with Gasteiger partial charge in [-0.1, -0.05) is 18.6 Å². The summed E-state index contributed by atoms with van der Waals surface area (Å²) in [5.41, 5.74) is 2.29. The number of likely N-dealkylation sites (tertiary alicyclic amines) is 1. The summed E-state index contributed by atoms with van der Waals surface area (Å²) in [5, 5.41) is 9.67. The molecule has 0 radical (unpaired) electrons. The zero-order valence-electron chi connectivity index (χ0n) is 18.3. The summed E-state index contributed by atoms with van der Waals surface area (Å²) in [5.74, 6) is 0.931. The lowest BCUT2D eigenvalue weighted by Crippen LogP contribution is -2.47. The van der Waals surface area contributed by atoms with Gasteiger partial charge in [0.25, 0.3) is 0 Å². The topological polar surface area (TPSA) is 72.0 Å². The summed E-state index contributed by atoms with van der Waals surface area (Å²) >= 11 is 0. The number of nitrogens with one attached hydrogen (secondary N) is 3. The van der Waals surface area contributed by atoms with Crippen molar-refractivity contribution >= 4 is 41.5 Å².